The SMILES string of the molecule is N#Cc1ccnc(NC2CCC(C(N)=O)CC2)c1. The lowest BCUT2D eigenvalue weighted by Crippen LogP contribution is -2.32. The normalized spacial score (nSPS) is 23.1. The van der Waals surface area contributed by atoms with Crippen LogP contribution in [-0.4, -0.2) is 16.9 Å². The zero-order valence-corrected chi connectivity index (χ0v) is 10.1. The first-order valence-corrected chi connectivity index (χ1v) is 6.11. The Bertz CT molecular complexity index is 472. The maximum absolute atomic E-state index is 11.1. The van der Waals surface area contributed by atoms with Crippen molar-refractivity contribution in [3.63, 3.8) is 0 Å². The van der Waals surface area contributed by atoms with E-state index in [0.29, 0.717) is 11.6 Å². The van der Waals surface area contributed by atoms with Crippen LogP contribution in [0, 0.1) is 17.2 Å². The number of carbonyl (C=O) groups excluding carboxylic acids is 1. The van der Waals surface area contributed by atoms with Gasteiger partial charge >= 0.3 is 0 Å². The number of aromatic nitrogens is 1. The molecule has 18 heavy (non-hydrogen) atoms. The smallest absolute Gasteiger partial charge is 0.220 e. The summed E-state index contributed by atoms with van der Waals surface area (Å²) < 4.78 is 0. The summed E-state index contributed by atoms with van der Waals surface area (Å²) in [6, 6.07) is 5.80. The van der Waals surface area contributed by atoms with Gasteiger partial charge in [0.25, 0.3) is 0 Å². The van der Waals surface area contributed by atoms with Crippen LogP contribution < -0.4 is 11.1 Å². The minimum absolute atomic E-state index is 0.0152. The van der Waals surface area contributed by atoms with Crippen molar-refractivity contribution in [2.75, 3.05) is 5.32 Å². The Kier molecular flexibility index (Phi) is 3.78. The molecule has 0 unspecified atom stereocenters. The maximum Gasteiger partial charge on any atom is 0.220 e. The fourth-order valence-corrected chi connectivity index (χ4v) is 2.31. The summed E-state index contributed by atoms with van der Waals surface area (Å²) in [4.78, 5) is 15.2. The molecule has 1 fully saturated rings. The Balaban J connectivity index is 1.91. The number of anilines is 1. The first-order valence-electron chi connectivity index (χ1n) is 6.11. The van der Waals surface area contributed by atoms with Crippen molar-refractivity contribution in [1.29, 1.82) is 5.26 Å². The molecule has 5 nitrogen and oxygen atoms in total. The minimum atomic E-state index is -0.196. The van der Waals surface area contributed by atoms with E-state index < -0.39 is 0 Å². The molecule has 3 N–H and O–H groups in total. The molecule has 1 aromatic rings. The molecule has 1 heterocycles. The highest BCUT2D eigenvalue weighted by atomic mass is 16.1. The molecular formula is C13H16N4O. The molecule has 2 rings (SSSR count). The van der Waals surface area contributed by atoms with Gasteiger partial charge in [-0.15, -0.1) is 0 Å². The van der Waals surface area contributed by atoms with E-state index in [1.807, 2.05) is 0 Å². The van der Waals surface area contributed by atoms with E-state index in [1.165, 1.54) is 0 Å². The van der Waals surface area contributed by atoms with Crippen LogP contribution in [0.25, 0.3) is 0 Å². The Morgan fingerprint density at radius 1 is 1.44 bits per heavy atom. The van der Waals surface area contributed by atoms with Crippen molar-refractivity contribution in [3.05, 3.63) is 23.9 Å². The summed E-state index contributed by atoms with van der Waals surface area (Å²) in [5.41, 5.74) is 5.89. The topological polar surface area (TPSA) is 91.8 Å². The average Bonchev–Trinajstić information content (AvgIpc) is 2.39. The van der Waals surface area contributed by atoms with Crippen molar-refractivity contribution in [2.45, 2.75) is 31.7 Å². The molecule has 0 atom stereocenters. The molecule has 0 bridgehead atoms. The highest BCUT2D eigenvalue weighted by Crippen LogP contribution is 2.25. The van der Waals surface area contributed by atoms with Crippen LogP contribution in [0.5, 0.6) is 0 Å². The van der Waals surface area contributed by atoms with E-state index >= 15 is 0 Å². The van der Waals surface area contributed by atoms with Gasteiger partial charge < -0.3 is 11.1 Å². The first kappa shape index (κ1) is 12.4. The molecule has 1 aliphatic carbocycles. The molecule has 5 heteroatoms. The van der Waals surface area contributed by atoms with E-state index in [-0.39, 0.29) is 11.8 Å². The number of nitrogens with one attached hydrogen (secondary N) is 1. The molecule has 1 saturated carbocycles. The Hall–Kier alpha value is -2.09. The predicted octanol–water partition coefficient (Wildman–Crippen LogP) is 1.41. The first-order chi connectivity index (χ1) is 8.69. The van der Waals surface area contributed by atoms with Crippen molar-refractivity contribution in [1.82, 2.24) is 4.98 Å². The Morgan fingerprint density at radius 3 is 2.78 bits per heavy atom. The minimum Gasteiger partial charge on any atom is -0.369 e. The van der Waals surface area contributed by atoms with Gasteiger partial charge in [-0.3, -0.25) is 4.79 Å². The highest BCUT2D eigenvalue weighted by Gasteiger charge is 2.24. The lowest BCUT2D eigenvalue weighted by molar-refractivity contribution is -0.122. The Labute approximate surface area is 106 Å². The van der Waals surface area contributed by atoms with Gasteiger partial charge in [-0.25, -0.2) is 4.98 Å². The van der Waals surface area contributed by atoms with Gasteiger partial charge in [0.2, 0.25) is 5.91 Å². The molecule has 0 saturated heterocycles. The molecule has 0 aliphatic heterocycles. The number of carbonyl (C=O) groups is 1. The van der Waals surface area contributed by atoms with Crippen LogP contribution in [0.3, 0.4) is 0 Å². The van der Waals surface area contributed by atoms with E-state index in [9.17, 15) is 4.79 Å². The number of hydrogen-bond acceptors (Lipinski definition) is 4. The van der Waals surface area contributed by atoms with Crippen LogP contribution in [-0.2, 0) is 4.79 Å². The second-order valence-electron chi connectivity index (χ2n) is 4.64. The molecule has 94 valence electrons. The second-order valence-corrected chi connectivity index (χ2v) is 4.64. The van der Waals surface area contributed by atoms with Crippen LogP contribution in [0.15, 0.2) is 18.3 Å². The molecule has 0 radical (unpaired) electrons. The van der Waals surface area contributed by atoms with Crippen LogP contribution >= 0.6 is 0 Å². The number of rotatable bonds is 3. The van der Waals surface area contributed by atoms with Gasteiger partial charge in [0.1, 0.15) is 5.82 Å². The number of amides is 1. The molecule has 1 amide bonds. The summed E-state index contributed by atoms with van der Waals surface area (Å²) >= 11 is 0. The van der Waals surface area contributed by atoms with Crippen molar-refractivity contribution in [2.24, 2.45) is 11.7 Å². The zero-order chi connectivity index (χ0) is 13.0. The van der Waals surface area contributed by atoms with E-state index in [1.54, 1.807) is 18.3 Å². The third kappa shape index (κ3) is 2.98. The van der Waals surface area contributed by atoms with Crippen LogP contribution in [0.1, 0.15) is 31.2 Å². The lowest BCUT2D eigenvalue weighted by Gasteiger charge is -2.27. The van der Waals surface area contributed by atoms with Gasteiger partial charge in [0.15, 0.2) is 0 Å². The molecule has 1 aliphatic rings. The molecular weight excluding hydrogens is 228 g/mol. The molecule has 0 spiro atoms. The van der Waals surface area contributed by atoms with Gasteiger partial charge in [-0.2, -0.15) is 5.26 Å². The van der Waals surface area contributed by atoms with Gasteiger partial charge in [0.05, 0.1) is 11.6 Å². The van der Waals surface area contributed by atoms with Gasteiger partial charge in [0, 0.05) is 18.2 Å². The number of hydrogen-bond donors (Lipinski definition) is 2. The monoisotopic (exact) mass is 244 g/mol. The third-order valence-electron chi connectivity index (χ3n) is 3.37. The van der Waals surface area contributed by atoms with E-state index in [0.717, 1.165) is 31.5 Å². The third-order valence-corrected chi connectivity index (χ3v) is 3.37. The Morgan fingerprint density at radius 2 is 2.17 bits per heavy atom. The largest absolute Gasteiger partial charge is 0.369 e. The second kappa shape index (κ2) is 5.50. The lowest BCUT2D eigenvalue weighted by atomic mass is 9.85. The number of primary amides is 1. The average molecular weight is 244 g/mol. The quantitative estimate of drug-likeness (QED) is 0.840. The van der Waals surface area contributed by atoms with Crippen molar-refractivity contribution in [3.8, 4) is 6.07 Å². The summed E-state index contributed by atoms with van der Waals surface area (Å²) in [5.74, 6) is 0.538. The van der Waals surface area contributed by atoms with Crippen LogP contribution in [0.4, 0.5) is 5.82 Å². The van der Waals surface area contributed by atoms with Gasteiger partial charge in [-0.1, -0.05) is 0 Å². The zero-order valence-electron chi connectivity index (χ0n) is 10.1. The fraction of sp³-hybridized carbons (Fsp3) is 0.462. The summed E-state index contributed by atoms with van der Waals surface area (Å²) in [6.07, 6.45) is 5.09. The number of nitriles is 1. The molecule has 0 aromatic carbocycles. The summed E-state index contributed by atoms with van der Waals surface area (Å²) in [6.45, 7) is 0. The number of nitrogens with zero attached hydrogens (tertiary/aromatic N) is 2. The van der Waals surface area contributed by atoms with E-state index in [4.69, 9.17) is 11.0 Å². The van der Waals surface area contributed by atoms with Crippen molar-refractivity contribution < 1.29 is 4.79 Å². The highest BCUT2D eigenvalue weighted by molar-refractivity contribution is 5.76. The number of pyridine rings is 1. The van der Waals surface area contributed by atoms with Crippen molar-refractivity contribution >= 4 is 11.7 Å². The van der Waals surface area contributed by atoms with Gasteiger partial charge in [-0.05, 0) is 37.8 Å². The predicted molar refractivity (Wildman–Crippen MR) is 67.5 cm³/mol. The van der Waals surface area contributed by atoms with E-state index in [2.05, 4.69) is 16.4 Å². The summed E-state index contributed by atoms with van der Waals surface area (Å²) in [5, 5.41) is 12.1. The maximum atomic E-state index is 11.1. The van der Waals surface area contributed by atoms with Crippen LogP contribution in [0.2, 0.25) is 0 Å². The molecule has 1 aromatic heterocycles. The standard InChI is InChI=1S/C13H16N4O/c14-8-9-5-6-16-12(7-9)17-11-3-1-10(2-4-11)13(15)18/h5-7,10-11H,1-4H2,(H2,15,18)(H,16,17). The summed E-state index contributed by atoms with van der Waals surface area (Å²) in [7, 11) is 0. The fourth-order valence-electron chi connectivity index (χ4n) is 2.31. The number of nitrogens with two attached hydrogens (primary N) is 1.